The topological polar surface area (TPSA) is 78.4 Å². The van der Waals surface area contributed by atoms with Gasteiger partial charge in [0.05, 0.1) is 12.0 Å². The molecule has 2 rings (SSSR count). The summed E-state index contributed by atoms with van der Waals surface area (Å²) < 4.78 is 0. The first-order chi connectivity index (χ1) is 8.18. The molecule has 0 bridgehead atoms. The summed E-state index contributed by atoms with van der Waals surface area (Å²) >= 11 is 0. The van der Waals surface area contributed by atoms with E-state index in [-0.39, 0.29) is 18.0 Å². The largest absolute Gasteiger partial charge is 0.481 e. The Morgan fingerprint density at radius 1 is 1.12 bits per heavy atom. The predicted molar refractivity (Wildman–Crippen MR) is 62.5 cm³/mol. The molecule has 1 heterocycles. The Kier molecular flexibility index (Phi) is 3.99. The second kappa shape index (κ2) is 5.49. The third-order valence-electron chi connectivity index (χ3n) is 3.79. The van der Waals surface area contributed by atoms with Gasteiger partial charge in [0.1, 0.15) is 0 Å². The zero-order valence-corrected chi connectivity index (χ0v) is 9.95. The van der Waals surface area contributed by atoms with Gasteiger partial charge in [0.2, 0.25) is 5.91 Å². The molecule has 5 heteroatoms. The van der Waals surface area contributed by atoms with Crippen LogP contribution in [0.25, 0.3) is 0 Å². The molecule has 3 N–H and O–H groups in total. The highest BCUT2D eigenvalue weighted by atomic mass is 16.4. The molecule has 1 saturated carbocycles. The molecule has 0 radical (unpaired) electrons. The van der Waals surface area contributed by atoms with E-state index < -0.39 is 11.9 Å². The number of nitrogens with one attached hydrogen (secondary N) is 2. The highest BCUT2D eigenvalue weighted by Gasteiger charge is 2.35. The van der Waals surface area contributed by atoms with Gasteiger partial charge in [-0.25, -0.2) is 0 Å². The second-order valence-corrected chi connectivity index (χ2v) is 4.99. The molecule has 96 valence electrons. The fourth-order valence-electron chi connectivity index (χ4n) is 2.79. The van der Waals surface area contributed by atoms with Crippen LogP contribution in [0, 0.1) is 5.92 Å². The van der Waals surface area contributed by atoms with Gasteiger partial charge < -0.3 is 15.7 Å². The van der Waals surface area contributed by atoms with Crippen LogP contribution in [0.15, 0.2) is 0 Å². The lowest BCUT2D eigenvalue weighted by molar-refractivity contribution is -0.142. The number of amides is 1. The van der Waals surface area contributed by atoms with Gasteiger partial charge >= 0.3 is 5.97 Å². The molecule has 1 aliphatic heterocycles. The van der Waals surface area contributed by atoms with E-state index >= 15 is 0 Å². The lowest BCUT2D eigenvalue weighted by Gasteiger charge is -2.25. The molecule has 1 aliphatic carbocycles. The highest BCUT2D eigenvalue weighted by Crippen LogP contribution is 2.26. The summed E-state index contributed by atoms with van der Waals surface area (Å²) in [5, 5.41) is 15.1. The van der Waals surface area contributed by atoms with Crippen LogP contribution in [0.4, 0.5) is 0 Å². The van der Waals surface area contributed by atoms with Crippen LogP contribution in [0.5, 0.6) is 0 Å². The Morgan fingerprint density at radius 3 is 2.59 bits per heavy atom. The molecule has 0 aromatic rings. The van der Waals surface area contributed by atoms with E-state index in [1.807, 2.05) is 0 Å². The summed E-state index contributed by atoms with van der Waals surface area (Å²) in [7, 11) is 0. The number of aliphatic carboxylic acids is 1. The summed E-state index contributed by atoms with van der Waals surface area (Å²) in [4.78, 5) is 23.0. The van der Waals surface area contributed by atoms with Gasteiger partial charge in [0, 0.05) is 6.04 Å². The van der Waals surface area contributed by atoms with Crippen molar-refractivity contribution in [2.24, 2.45) is 5.92 Å². The Balaban J connectivity index is 1.86. The quantitative estimate of drug-likeness (QED) is 0.671. The van der Waals surface area contributed by atoms with E-state index in [4.69, 9.17) is 5.11 Å². The number of hydrogen-bond donors (Lipinski definition) is 3. The average molecular weight is 240 g/mol. The lowest BCUT2D eigenvalue weighted by atomic mass is 10.0. The summed E-state index contributed by atoms with van der Waals surface area (Å²) in [6.07, 6.45) is 5.40. The maximum atomic E-state index is 12.0. The SMILES string of the molecule is O=C(O)C1CCCC1NC(=O)[C@H]1CCCCN1. The molecule has 1 amide bonds. The molecule has 2 unspecified atom stereocenters. The Morgan fingerprint density at radius 2 is 1.94 bits per heavy atom. The maximum absolute atomic E-state index is 12.0. The van der Waals surface area contributed by atoms with Crippen molar-refractivity contribution in [3.63, 3.8) is 0 Å². The van der Waals surface area contributed by atoms with Gasteiger partial charge in [0.15, 0.2) is 0 Å². The number of hydrogen-bond acceptors (Lipinski definition) is 3. The zero-order valence-electron chi connectivity index (χ0n) is 9.95. The molecule has 2 fully saturated rings. The van der Waals surface area contributed by atoms with Gasteiger partial charge in [-0.15, -0.1) is 0 Å². The molecule has 0 aromatic heterocycles. The van der Waals surface area contributed by atoms with E-state index in [1.165, 1.54) is 0 Å². The van der Waals surface area contributed by atoms with Gasteiger partial charge in [-0.05, 0) is 32.2 Å². The van der Waals surface area contributed by atoms with Crippen molar-refractivity contribution in [3.05, 3.63) is 0 Å². The van der Waals surface area contributed by atoms with Crippen LogP contribution in [-0.4, -0.2) is 35.6 Å². The van der Waals surface area contributed by atoms with Crippen molar-refractivity contribution in [3.8, 4) is 0 Å². The fraction of sp³-hybridized carbons (Fsp3) is 0.833. The minimum Gasteiger partial charge on any atom is -0.481 e. The molecule has 2 aliphatic rings. The second-order valence-electron chi connectivity index (χ2n) is 4.99. The first-order valence-electron chi connectivity index (χ1n) is 6.45. The molecule has 5 nitrogen and oxygen atoms in total. The summed E-state index contributed by atoms with van der Waals surface area (Å²) in [5.41, 5.74) is 0. The van der Waals surface area contributed by atoms with E-state index in [0.29, 0.717) is 6.42 Å². The minimum absolute atomic E-state index is 0.0251. The minimum atomic E-state index is -0.788. The average Bonchev–Trinajstić information content (AvgIpc) is 2.78. The van der Waals surface area contributed by atoms with Gasteiger partial charge in [-0.1, -0.05) is 12.8 Å². The van der Waals surface area contributed by atoms with E-state index in [2.05, 4.69) is 10.6 Å². The summed E-state index contributed by atoms with van der Waals surface area (Å²) in [6, 6.07) is -0.303. The van der Waals surface area contributed by atoms with Crippen LogP contribution >= 0.6 is 0 Å². The van der Waals surface area contributed by atoms with Crippen LogP contribution in [0.2, 0.25) is 0 Å². The molecule has 0 aromatic carbocycles. The fourth-order valence-corrected chi connectivity index (χ4v) is 2.79. The Hall–Kier alpha value is -1.10. The van der Waals surface area contributed by atoms with Crippen molar-refractivity contribution in [2.75, 3.05) is 6.54 Å². The standard InChI is InChI=1S/C12H20N2O3/c15-11(10-5-1-2-7-13-10)14-9-6-3-4-8(9)12(16)17/h8-10,13H,1-7H2,(H,14,15)(H,16,17)/t8?,9?,10-/m1/s1. The van der Waals surface area contributed by atoms with Gasteiger partial charge in [-0.2, -0.15) is 0 Å². The van der Waals surface area contributed by atoms with Crippen LogP contribution in [0.1, 0.15) is 38.5 Å². The highest BCUT2D eigenvalue weighted by molar-refractivity contribution is 5.83. The van der Waals surface area contributed by atoms with Gasteiger partial charge in [-0.3, -0.25) is 9.59 Å². The molecular weight excluding hydrogens is 220 g/mol. The van der Waals surface area contributed by atoms with Crippen molar-refractivity contribution < 1.29 is 14.7 Å². The van der Waals surface area contributed by atoms with E-state index in [0.717, 1.165) is 38.6 Å². The molecular formula is C12H20N2O3. The first-order valence-corrected chi connectivity index (χ1v) is 6.45. The third-order valence-corrected chi connectivity index (χ3v) is 3.79. The van der Waals surface area contributed by atoms with Crippen molar-refractivity contribution >= 4 is 11.9 Å². The molecule has 3 atom stereocenters. The normalized spacial score (nSPS) is 33.3. The van der Waals surface area contributed by atoms with Crippen molar-refractivity contribution in [1.82, 2.24) is 10.6 Å². The number of carboxylic acids is 1. The van der Waals surface area contributed by atoms with Crippen LogP contribution in [-0.2, 0) is 9.59 Å². The first kappa shape index (κ1) is 12.4. The van der Waals surface area contributed by atoms with Crippen molar-refractivity contribution in [1.29, 1.82) is 0 Å². The van der Waals surface area contributed by atoms with E-state index in [1.54, 1.807) is 0 Å². The van der Waals surface area contributed by atoms with Gasteiger partial charge in [0.25, 0.3) is 0 Å². The van der Waals surface area contributed by atoms with Crippen LogP contribution < -0.4 is 10.6 Å². The number of rotatable bonds is 3. The number of piperidine rings is 1. The number of carbonyl (C=O) groups excluding carboxylic acids is 1. The lowest BCUT2D eigenvalue weighted by Crippen LogP contribution is -2.51. The number of carboxylic acid groups (broad SMARTS) is 1. The Bertz CT molecular complexity index is 300. The maximum Gasteiger partial charge on any atom is 0.308 e. The summed E-state index contributed by atoms with van der Waals surface area (Å²) in [5.74, 6) is -1.21. The monoisotopic (exact) mass is 240 g/mol. The number of carbonyl (C=O) groups is 2. The molecule has 1 saturated heterocycles. The third kappa shape index (κ3) is 2.97. The van der Waals surface area contributed by atoms with Crippen LogP contribution in [0.3, 0.4) is 0 Å². The molecule has 0 spiro atoms. The smallest absolute Gasteiger partial charge is 0.308 e. The zero-order chi connectivity index (χ0) is 12.3. The predicted octanol–water partition coefficient (Wildman–Crippen LogP) is 0.498. The molecule has 17 heavy (non-hydrogen) atoms. The van der Waals surface area contributed by atoms with Crippen molar-refractivity contribution in [2.45, 2.75) is 50.6 Å². The summed E-state index contributed by atoms with van der Waals surface area (Å²) in [6.45, 7) is 0.880. The van der Waals surface area contributed by atoms with E-state index in [9.17, 15) is 9.59 Å². The Labute approximate surface area is 101 Å².